The average molecular weight is 404 g/mol. The highest BCUT2D eigenvalue weighted by Gasteiger charge is 2.42. The number of aliphatic hydroxyl groups excluding tert-OH is 1. The van der Waals surface area contributed by atoms with Crippen molar-refractivity contribution in [3.8, 4) is 0 Å². The lowest BCUT2D eigenvalue weighted by atomic mass is 10.0. The Balaban J connectivity index is 1.98. The first kappa shape index (κ1) is 22.0. The lowest BCUT2D eigenvalue weighted by Gasteiger charge is -2.36. The van der Waals surface area contributed by atoms with Gasteiger partial charge in [-0.25, -0.2) is 14.4 Å². The molecule has 1 fully saturated rings. The summed E-state index contributed by atoms with van der Waals surface area (Å²) in [5, 5.41) is 9.97. The van der Waals surface area contributed by atoms with Crippen LogP contribution < -0.4 is 0 Å². The second kappa shape index (κ2) is 8.38. The third-order valence-corrected chi connectivity index (χ3v) is 4.18. The van der Waals surface area contributed by atoms with Gasteiger partial charge in [0.2, 0.25) is 0 Å². The second-order valence-corrected chi connectivity index (χ2v) is 7.27. The number of esters is 3. The molecule has 0 spiro atoms. The zero-order valence-corrected chi connectivity index (χ0v) is 16.9. The van der Waals surface area contributed by atoms with Crippen molar-refractivity contribution in [3.05, 3.63) is 59.6 Å². The summed E-state index contributed by atoms with van der Waals surface area (Å²) < 4.78 is 20.5. The van der Waals surface area contributed by atoms with E-state index in [0.29, 0.717) is 0 Å². The maximum Gasteiger partial charge on any atom is 0.348 e. The lowest BCUT2D eigenvalue weighted by Crippen LogP contribution is -2.43. The van der Waals surface area contributed by atoms with Gasteiger partial charge in [-0.3, -0.25) is 0 Å². The van der Waals surface area contributed by atoms with Crippen LogP contribution in [0.15, 0.2) is 59.6 Å². The lowest BCUT2D eigenvalue weighted by molar-refractivity contribution is -0.247. The van der Waals surface area contributed by atoms with Gasteiger partial charge in [-0.05, 0) is 12.2 Å². The molecule has 2 aliphatic rings. The standard InChI is InChI=1S/C21H24O8/c1-13(2)21(5)28-18(24)15(19(25)29-21)12-10-8-6-7-9-11-14-16(22)26-20(3,4)27-17(14)23/h6-13,24H,1-5H3/b8-6+,9-7+,12-10+. The summed E-state index contributed by atoms with van der Waals surface area (Å²) in [5.74, 6) is -5.36. The van der Waals surface area contributed by atoms with Crippen molar-refractivity contribution in [1.29, 1.82) is 0 Å². The number of aliphatic hydroxyl groups is 1. The highest BCUT2D eigenvalue weighted by atomic mass is 16.8. The number of allylic oxidation sites excluding steroid dienone is 6. The van der Waals surface area contributed by atoms with E-state index in [2.05, 4.69) is 0 Å². The summed E-state index contributed by atoms with van der Waals surface area (Å²) in [7, 11) is 0. The largest absolute Gasteiger partial charge is 0.480 e. The van der Waals surface area contributed by atoms with E-state index in [-0.39, 0.29) is 17.1 Å². The Hall–Kier alpha value is -3.29. The van der Waals surface area contributed by atoms with Crippen LogP contribution >= 0.6 is 0 Å². The second-order valence-electron chi connectivity index (χ2n) is 7.27. The van der Waals surface area contributed by atoms with Crippen molar-refractivity contribution >= 4 is 17.9 Å². The Bertz CT molecular complexity index is 832. The highest BCUT2D eigenvalue weighted by molar-refractivity contribution is 6.15. The van der Waals surface area contributed by atoms with Crippen LogP contribution in [0, 0.1) is 5.92 Å². The highest BCUT2D eigenvalue weighted by Crippen LogP contribution is 2.32. The van der Waals surface area contributed by atoms with Crippen LogP contribution in [-0.4, -0.2) is 34.6 Å². The summed E-state index contributed by atoms with van der Waals surface area (Å²) >= 11 is 0. The van der Waals surface area contributed by atoms with Gasteiger partial charge in [-0.15, -0.1) is 0 Å². The Labute approximate surface area is 168 Å². The number of ether oxygens (including phenoxy) is 4. The monoisotopic (exact) mass is 404 g/mol. The predicted molar refractivity (Wildman–Crippen MR) is 102 cm³/mol. The molecular weight excluding hydrogens is 380 g/mol. The molecule has 8 heteroatoms. The molecule has 1 saturated heterocycles. The van der Waals surface area contributed by atoms with E-state index in [0.717, 1.165) is 0 Å². The van der Waals surface area contributed by atoms with E-state index in [4.69, 9.17) is 18.9 Å². The van der Waals surface area contributed by atoms with Gasteiger partial charge in [-0.1, -0.05) is 44.2 Å². The fourth-order valence-corrected chi connectivity index (χ4v) is 2.26. The average Bonchev–Trinajstić information content (AvgIpc) is 2.56. The number of cyclic esters (lactones) is 3. The Morgan fingerprint density at radius 1 is 0.793 bits per heavy atom. The van der Waals surface area contributed by atoms with E-state index >= 15 is 0 Å². The van der Waals surface area contributed by atoms with Gasteiger partial charge >= 0.3 is 17.9 Å². The van der Waals surface area contributed by atoms with E-state index in [1.165, 1.54) is 38.2 Å². The van der Waals surface area contributed by atoms with Gasteiger partial charge in [0.25, 0.3) is 17.5 Å². The fraction of sp³-hybridized carbons (Fsp3) is 0.381. The molecule has 0 aromatic carbocycles. The molecule has 8 nitrogen and oxygen atoms in total. The molecule has 0 aromatic rings. The van der Waals surface area contributed by atoms with E-state index < -0.39 is 35.4 Å². The van der Waals surface area contributed by atoms with Gasteiger partial charge in [0.15, 0.2) is 0 Å². The van der Waals surface area contributed by atoms with Crippen molar-refractivity contribution in [1.82, 2.24) is 0 Å². The minimum absolute atomic E-state index is 0.103. The van der Waals surface area contributed by atoms with Gasteiger partial charge in [0.05, 0.1) is 0 Å². The fourth-order valence-electron chi connectivity index (χ4n) is 2.26. The van der Waals surface area contributed by atoms with Crippen LogP contribution in [0.4, 0.5) is 0 Å². The molecule has 29 heavy (non-hydrogen) atoms. The molecule has 1 N–H and O–H groups in total. The maximum absolute atomic E-state index is 12.1. The molecule has 156 valence electrons. The molecule has 0 radical (unpaired) electrons. The van der Waals surface area contributed by atoms with Crippen molar-refractivity contribution < 1.29 is 38.4 Å². The van der Waals surface area contributed by atoms with Gasteiger partial charge in [0.1, 0.15) is 11.1 Å². The number of rotatable bonds is 5. The molecule has 2 aliphatic heterocycles. The van der Waals surface area contributed by atoms with Crippen molar-refractivity contribution in [2.24, 2.45) is 5.92 Å². The number of hydrogen-bond acceptors (Lipinski definition) is 8. The van der Waals surface area contributed by atoms with E-state index in [9.17, 15) is 19.5 Å². The zero-order valence-electron chi connectivity index (χ0n) is 16.9. The molecule has 0 amide bonds. The smallest absolute Gasteiger partial charge is 0.348 e. The minimum Gasteiger partial charge on any atom is -0.480 e. The summed E-state index contributed by atoms with van der Waals surface area (Å²) in [6, 6.07) is 0. The van der Waals surface area contributed by atoms with Crippen LogP contribution in [-0.2, 0) is 33.3 Å². The molecule has 0 aromatic heterocycles. The molecule has 1 unspecified atom stereocenters. The van der Waals surface area contributed by atoms with Gasteiger partial charge in [0, 0.05) is 26.7 Å². The molecule has 2 rings (SSSR count). The van der Waals surface area contributed by atoms with Crippen molar-refractivity contribution in [2.45, 2.75) is 46.2 Å². The first-order chi connectivity index (χ1) is 13.4. The number of carbonyl (C=O) groups excluding carboxylic acids is 3. The third kappa shape index (κ3) is 5.37. The molecule has 0 bridgehead atoms. The first-order valence-electron chi connectivity index (χ1n) is 8.99. The van der Waals surface area contributed by atoms with Crippen molar-refractivity contribution in [2.75, 3.05) is 0 Å². The van der Waals surface area contributed by atoms with Crippen LogP contribution in [0.25, 0.3) is 0 Å². The first-order valence-corrected chi connectivity index (χ1v) is 8.99. The van der Waals surface area contributed by atoms with E-state index in [1.807, 2.05) is 0 Å². The minimum atomic E-state index is -1.28. The van der Waals surface area contributed by atoms with Crippen LogP contribution in [0.5, 0.6) is 0 Å². The normalized spacial score (nSPS) is 24.9. The van der Waals surface area contributed by atoms with Crippen molar-refractivity contribution in [3.63, 3.8) is 0 Å². The van der Waals surface area contributed by atoms with Gasteiger partial charge < -0.3 is 24.1 Å². The van der Waals surface area contributed by atoms with Crippen LogP contribution in [0.3, 0.4) is 0 Å². The van der Waals surface area contributed by atoms with Crippen LogP contribution in [0.1, 0.15) is 34.6 Å². The molecule has 1 atom stereocenters. The Morgan fingerprint density at radius 2 is 1.34 bits per heavy atom. The van der Waals surface area contributed by atoms with Gasteiger partial charge in [-0.2, -0.15) is 0 Å². The summed E-state index contributed by atoms with van der Waals surface area (Å²) in [5.41, 5.74) is -0.316. The number of hydrogen-bond donors (Lipinski definition) is 1. The maximum atomic E-state index is 12.1. The summed E-state index contributed by atoms with van der Waals surface area (Å²) in [4.78, 5) is 35.6. The number of carbonyl (C=O) groups is 3. The topological polar surface area (TPSA) is 108 Å². The molecule has 0 saturated carbocycles. The summed E-state index contributed by atoms with van der Waals surface area (Å²) in [6.07, 6.45) is 10.3. The molecule has 0 aliphatic carbocycles. The Kier molecular flexibility index (Phi) is 6.36. The Morgan fingerprint density at radius 3 is 1.90 bits per heavy atom. The molecule has 2 heterocycles. The zero-order chi connectivity index (χ0) is 21.8. The predicted octanol–water partition coefficient (Wildman–Crippen LogP) is 3.13. The quantitative estimate of drug-likeness (QED) is 0.322. The van der Waals surface area contributed by atoms with E-state index in [1.54, 1.807) is 39.0 Å². The van der Waals surface area contributed by atoms with Crippen LogP contribution in [0.2, 0.25) is 0 Å². The summed E-state index contributed by atoms with van der Waals surface area (Å²) in [6.45, 7) is 8.12. The SMILES string of the molecule is CC(C)C1(C)OC(=O)C(/C=C/C=C/C=C/C=C2C(=O)OC(C)(C)OC2=O)=C(O)O1. The molecular formula is C21H24O8. The third-order valence-electron chi connectivity index (χ3n) is 4.18.